The molecule has 0 atom stereocenters. The zero-order valence-electron chi connectivity index (χ0n) is 15.9. The fourth-order valence-corrected chi connectivity index (χ4v) is 2.97. The molecule has 0 saturated heterocycles. The second-order valence-corrected chi connectivity index (χ2v) is 6.54. The van der Waals surface area contributed by atoms with Crippen LogP contribution in [0.2, 0.25) is 5.02 Å². The molecule has 1 aromatic carbocycles. The van der Waals surface area contributed by atoms with E-state index in [1.165, 1.54) is 17.7 Å². The van der Waals surface area contributed by atoms with Crippen LogP contribution in [0, 0.1) is 5.82 Å². The van der Waals surface area contributed by atoms with Crippen LogP contribution >= 0.6 is 11.6 Å². The van der Waals surface area contributed by atoms with Crippen molar-refractivity contribution in [1.29, 1.82) is 0 Å². The molecule has 0 unspecified atom stereocenters. The van der Waals surface area contributed by atoms with Gasteiger partial charge in [0, 0.05) is 6.42 Å². The summed E-state index contributed by atoms with van der Waals surface area (Å²) >= 11 is 5.79. The van der Waals surface area contributed by atoms with Crippen LogP contribution in [0.15, 0.2) is 48.2 Å². The van der Waals surface area contributed by atoms with E-state index in [4.69, 9.17) is 11.6 Å². The summed E-state index contributed by atoms with van der Waals surface area (Å²) in [5.41, 5.74) is -0.909. The van der Waals surface area contributed by atoms with Gasteiger partial charge in [-0.15, -0.1) is 11.7 Å². The maximum atomic E-state index is 13.1. The molecule has 0 aliphatic rings. The van der Waals surface area contributed by atoms with E-state index in [9.17, 15) is 22.4 Å². The normalized spacial score (nSPS) is 12.1. The van der Waals surface area contributed by atoms with Gasteiger partial charge in [-0.3, -0.25) is 4.79 Å². The van der Waals surface area contributed by atoms with Crippen LogP contribution in [-0.4, -0.2) is 36.6 Å². The van der Waals surface area contributed by atoms with Crippen LogP contribution in [-0.2, 0) is 12.6 Å². The molecule has 0 aliphatic heterocycles. The molecule has 31 heavy (non-hydrogen) atoms. The number of hydrogen-bond donors (Lipinski definition) is 0. The molecule has 2 aromatic heterocycles. The molecule has 7 nitrogen and oxygen atoms in total. The SMILES string of the molecule is C=CCc1c(/C(C)=N/C(=O)c2cccc(C(F)(F)F)c2Cl)nnn1-c1ncc(F)cn1. The number of aliphatic imine (C=N–C) groups is 1. The number of alkyl halides is 3. The largest absolute Gasteiger partial charge is 0.417 e. The van der Waals surface area contributed by atoms with Gasteiger partial charge in [-0.2, -0.15) is 17.9 Å². The Morgan fingerprint density at radius 3 is 2.58 bits per heavy atom. The molecule has 1 amide bonds. The fraction of sp³-hybridized carbons (Fsp3) is 0.158. The van der Waals surface area contributed by atoms with E-state index in [-0.39, 0.29) is 23.8 Å². The van der Waals surface area contributed by atoms with Gasteiger partial charge in [-0.05, 0) is 19.1 Å². The van der Waals surface area contributed by atoms with E-state index in [0.29, 0.717) is 5.69 Å². The van der Waals surface area contributed by atoms with E-state index in [2.05, 4.69) is 31.9 Å². The van der Waals surface area contributed by atoms with Crippen molar-refractivity contribution in [2.75, 3.05) is 0 Å². The van der Waals surface area contributed by atoms with Gasteiger partial charge in [0.25, 0.3) is 11.9 Å². The quantitative estimate of drug-likeness (QED) is 0.328. The van der Waals surface area contributed by atoms with E-state index >= 15 is 0 Å². The molecule has 160 valence electrons. The average molecular weight is 453 g/mol. The van der Waals surface area contributed by atoms with Crippen molar-refractivity contribution < 1.29 is 22.4 Å². The summed E-state index contributed by atoms with van der Waals surface area (Å²) in [6, 6.07) is 2.98. The second-order valence-electron chi connectivity index (χ2n) is 6.16. The molecule has 3 aromatic rings. The molecule has 0 aliphatic carbocycles. The molecule has 0 N–H and O–H groups in total. The van der Waals surface area contributed by atoms with E-state index < -0.39 is 34.1 Å². The monoisotopic (exact) mass is 452 g/mol. The number of carbonyl (C=O) groups excluding carboxylic acids is 1. The molecule has 2 heterocycles. The third kappa shape index (κ3) is 4.66. The summed E-state index contributed by atoms with van der Waals surface area (Å²) in [7, 11) is 0. The van der Waals surface area contributed by atoms with Gasteiger partial charge >= 0.3 is 6.18 Å². The van der Waals surface area contributed by atoms with Crippen molar-refractivity contribution in [3.05, 3.63) is 76.6 Å². The van der Waals surface area contributed by atoms with Crippen molar-refractivity contribution in [3.63, 3.8) is 0 Å². The number of hydrogen-bond acceptors (Lipinski definition) is 5. The number of halogens is 5. The lowest BCUT2D eigenvalue weighted by molar-refractivity contribution is -0.137. The van der Waals surface area contributed by atoms with E-state index in [1.54, 1.807) is 0 Å². The average Bonchev–Trinajstić information content (AvgIpc) is 3.12. The first-order valence-electron chi connectivity index (χ1n) is 8.62. The highest BCUT2D eigenvalue weighted by Crippen LogP contribution is 2.36. The van der Waals surface area contributed by atoms with Crippen LogP contribution in [0.1, 0.15) is 34.2 Å². The van der Waals surface area contributed by atoms with Crippen molar-refractivity contribution in [2.45, 2.75) is 19.5 Å². The van der Waals surface area contributed by atoms with Gasteiger partial charge in [0.2, 0.25) is 0 Å². The van der Waals surface area contributed by atoms with E-state index in [0.717, 1.165) is 30.6 Å². The molecule has 0 radical (unpaired) electrons. The van der Waals surface area contributed by atoms with Crippen LogP contribution < -0.4 is 0 Å². The minimum Gasteiger partial charge on any atom is -0.267 e. The van der Waals surface area contributed by atoms with Gasteiger partial charge in [0.15, 0.2) is 5.82 Å². The summed E-state index contributed by atoms with van der Waals surface area (Å²) < 4.78 is 53.5. The lowest BCUT2D eigenvalue weighted by atomic mass is 10.1. The number of carbonyl (C=O) groups is 1. The zero-order chi connectivity index (χ0) is 22.8. The Balaban J connectivity index is 2.01. The predicted molar refractivity (Wildman–Crippen MR) is 104 cm³/mol. The van der Waals surface area contributed by atoms with Crippen molar-refractivity contribution in [3.8, 4) is 5.95 Å². The first-order chi connectivity index (χ1) is 14.6. The molecule has 12 heteroatoms. The maximum absolute atomic E-state index is 13.1. The second kappa shape index (κ2) is 8.72. The summed E-state index contributed by atoms with van der Waals surface area (Å²) in [4.78, 5) is 24.0. The highest BCUT2D eigenvalue weighted by molar-refractivity contribution is 6.35. The molecule has 0 bridgehead atoms. The number of aromatic nitrogens is 5. The Kier molecular flexibility index (Phi) is 6.25. The van der Waals surface area contributed by atoms with Crippen LogP contribution in [0.3, 0.4) is 0 Å². The Hall–Kier alpha value is -3.47. The van der Waals surface area contributed by atoms with Crippen molar-refractivity contribution in [2.24, 2.45) is 4.99 Å². The summed E-state index contributed by atoms with van der Waals surface area (Å²) in [6.45, 7) is 5.07. The minimum atomic E-state index is -4.72. The molecule has 0 fully saturated rings. The highest BCUT2D eigenvalue weighted by atomic mass is 35.5. The topological polar surface area (TPSA) is 85.9 Å². The van der Waals surface area contributed by atoms with Gasteiger partial charge < -0.3 is 0 Å². The lowest BCUT2D eigenvalue weighted by Gasteiger charge is -2.10. The van der Waals surface area contributed by atoms with Gasteiger partial charge in [0.1, 0.15) is 5.69 Å². The van der Waals surface area contributed by atoms with Crippen LogP contribution in [0.4, 0.5) is 17.6 Å². The van der Waals surface area contributed by atoms with Crippen LogP contribution in [0.25, 0.3) is 5.95 Å². The van der Waals surface area contributed by atoms with E-state index in [1.807, 2.05) is 0 Å². The fourth-order valence-electron chi connectivity index (χ4n) is 2.66. The third-order valence-corrected chi connectivity index (χ3v) is 4.45. The first-order valence-corrected chi connectivity index (χ1v) is 9.00. The zero-order valence-corrected chi connectivity index (χ0v) is 16.6. The summed E-state index contributed by atoms with van der Waals surface area (Å²) in [5.74, 6) is -1.60. The van der Waals surface area contributed by atoms with Crippen molar-refractivity contribution in [1.82, 2.24) is 25.0 Å². The van der Waals surface area contributed by atoms with Gasteiger partial charge in [-0.25, -0.2) is 19.4 Å². The predicted octanol–water partition coefficient (Wildman–Crippen LogP) is 4.25. The van der Waals surface area contributed by atoms with Crippen molar-refractivity contribution >= 4 is 23.2 Å². The van der Waals surface area contributed by atoms with Crippen LogP contribution in [0.5, 0.6) is 0 Å². The molecular formula is C19H13ClF4N6O. The lowest BCUT2D eigenvalue weighted by Crippen LogP contribution is -2.11. The Labute approximate surface area is 178 Å². The summed E-state index contributed by atoms with van der Waals surface area (Å²) in [5, 5.41) is 7.11. The molecular weight excluding hydrogens is 440 g/mol. The molecule has 0 spiro atoms. The Bertz CT molecular complexity index is 1170. The first kappa shape index (κ1) is 22.2. The number of benzene rings is 1. The third-order valence-electron chi connectivity index (χ3n) is 4.04. The summed E-state index contributed by atoms with van der Waals surface area (Å²) in [6.07, 6.45) is -1.08. The maximum Gasteiger partial charge on any atom is 0.417 e. The van der Waals surface area contributed by atoms with Gasteiger partial charge in [0.05, 0.1) is 39.9 Å². The highest BCUT2D eigenvalue weighted by Gasteiger charge is 2.34. The Morgan fingerprint density at radius 2 is 1.97 bits per heavy atom. The smallest absolute Gasteiger partial charge is 0.267 e. The number of amides is 1. The standard InChI is InChI=1S/C19H13ClF4N6O/c1-3-5-14-16(28-29-30(14)18-25-8-11(21)9-26-18)10(2)27-17(31)12-6-4-7-13(15(12)20)19(22,23)24/h3-4,6-9H,1,5H2,2H3/b27-10+. The number of nitrogens with zero attached hydrogens (tertiary/aromatic N) is 6. The van der Waals surface area contributed by atoms with Gasteiger partial charge in [-0.1, -0.05) is 29.0 Å². The molecule has 3 rings (SSSR count). The molecule has 0 saturated carbocycles. The number of allylic oxidation sites excluding steroid dienone is 1. The number of rotatable bonds is 5. The Morgan fingerprint density at radius 1 is 1.29 bits per heavy atom. The minimum absolute atomic E-state index is 0.0250.